The van der Waals surface area contributed by atoms with E-state index in [2.05, 4.69) is 60.5 Å². The van der Waals surface area contributed by atoms with Crippen LogP contribution in [0.5, 0.6) is 0 Å². The summed E-state index contributed by atoms with van der Waals surface area (Å²) >= 11 is 0. The number of aromatic nitrogens is 2. The first-order chi connectivity index (χ1) is 18.7. The summed E-state index contributed by atoms with van der Waals surface area (Å²) in [6.07, 6.45) is 5.86. The van der Waals surface area contributed by atoms with Gasteiger partial charge >= 0.3 is 14.2 Å². The number of halogens is 1. The van der Waals surface area contributed by atoms with E-state index in [1.54, 1.807) is 4.68 Å². The number of nitrogens with zero attached hydrogens (tertiary/aromatic N) is 2. The van der Waals surface area contributed by atoms with Crippen LogP contribution in [0.15, 0.2) is 23.7 Å². The van der Waals surface area contributed by atoms with E-state index in [9.17, 15) is 0 Å². The van der Waals surface area contributed by atoms with Crippen LogP contribution in [0, 0.1) is 11.9 Å². The fraction of sp³-hybridized carbons (Fsp3) is 0.700. The van der Waals surface area contributed by atoms with Crippen molar-refractivity contribution in [1.29, 1.82) is 0 Å². The Balaban J connectivity index is 1.52. The summed E-state index contributed by atoms with van der Waals surface area (Å²) in [7, 11) is -1.21. The molecular weight excluding hydrogens is 509 g/mol. The van der Waals surface area contributed by atoms with Gasteiger partial charge in [-0.1, -0.05) is 12.5 Å². The topological polar surface area (TPSA) is 64.0 Å². The summed E-state index contributed by atoms with van der Waals surface area (Å²) in [5.41, 5.74) is 1.42. The first kappa shape index (κ1) is 28.4. The third-order valence-corrected chi connectivity index (χ3v) is 10.3. The van der Waals surface area contributed by atoms with Crippen molar-refractivity contribution in [2.45, 2.75) is 123 Å². The molecule has 40 heavy (non-hydrogen) atoms. The molecule has 1 saturated carbocycles. The molecule has 0 bridgehead atoms. The largest absolute Gasteiger partial charge is 0.494 e. The molecule has 3 aliphatic heterocycles. The molecule has 0 N–H and O–H groups in total. The Labute approximate surface area is 238 Å². The maximum atomic E-state index is 15.5. The zero-order chi connectivity index (χ0) is 28.7. The fourth-order valence-electron chi connectivity index (χ4n) is 6.04. The zero-order valence-corrected chi connectivity index (χ0v) is 25.3. The second-order valence-electron chi connectivity index (χ2n) is 14.0. The predicted molar refractivity (Wildman–Crippen MR) is 155 cm³/mol. The lowest BCUT2D eigenvalue weighted by atomic mass is 9.55. The molecular formula is C30H43B2FN2O5. The number of hydrogen-bond donors (Lipinski definition) is 0. The highest BCUT2D eigenvalue weighted by molar-refractivity contribution is 6.74. The molecule has 1 unspecified atom stereocenters. The summed E-state index contributed by atoms with van der Waals surface area (Å²) in [5.74, 6) is -0.234. The molecule has 2 aromatic rings. The number of ether oxygens (including phenoxy) is 1. The maximum Gasteiger partial charge on any atom is 0.494 e. The lowest BCUT2D eigenvalue weighted by Gasteiger charge is -2.33. The van der Waals surface area contributed by atoms with Gasteiger partial charge in [0.15, 0.2) is 6.23 Å². The molecule has 4 heterocycles. The van der Waals surface area contributed by atoms with Gasteiger partial charge < -0.3 is 23.4 Å². The van der Waals surface area contributed by atoms with Crippen LogP contribution in [0.2, 0.25) is 0 Å². The monoisotopic (exact) mass is 552 g/mol. The quantitative estimate of drug-likeness (QED) is 0.386. The average Bonchev–Trinajstić information content (AvgIpc) is 3.36. The van der Waals surface area contributed by atoms with Gasteiger partial charge in [-0.3, -0.25) is 0 Å². The van der Waals surface area contributed by atoms with Gasteiger partial charge in [0.25, 0.3) is 0 Å². The highest BCUT2D eigenvalue weighted by Gasteiger charge is 2.58. The van der Waals surface area contributed by atoms with Crippen LogP contribution in [-0.4, -0.2) is 53.0 Å². The van der Waals surface area contributed by atoms with E-state index in [4.69, 9.17) is 23.4 Å². The summed E-state index contributed by atoms with van der Waals surface area (Å²) < 4.78 is 49.7. The molecule has 1 aromatic heterocycles. The zero-order valence-electron chi connectivity index (χ0n) is 25.3. The minimum Gasteiger partial charge on any atom is -0.400 e. The predicted octanol–water partition coefficient (Wildman–Crippen LogP) is 6.69. The van der Waals surface area contributed by atoms with E-state index < -0.39 is 42.6 Å². The van der Waals surface area contributed by atoms with E-state index in [0.717, 1.165) is 60.5 Å². The van der Waals surface area contributed by atoms with Crippen LogP contribution < -0.4 is 0 Å². The van der Waals surface area contributed by atoms with Crippen LogP contribution in [-0.2, 0) is 23.4 Å². The van der Waals surface area contributed by atoms with Gasteiger partial charge in [-0.25, -0.2) is 4.68 Å². The number of fused-ring (bicyclic) bond motifs is 1. The van der Waals surface area contributed by atoms with Crippen molar-refractivity contribution < 1.29 is 27.7 Å². The number of hydrogen-bond acceptors (Lipinski definition) is 6. The van der Waals surface area contributed by atoms with Gasteiger partial charge in [0, 0.05) is 6.61 Å². The Morgan fingerprint density at radius 1 is 0.825 bits per heavy atom. The van der Waals surface area contributed by atoms with E-state index in [-0.39, 0.29) is 12.1 Å². The molecule has 6 rings (SSSR count). The highest BCUT2D eigenvalue weighted by Crippen LogP contribution is 2.49. The molecule has 7 nitrogen and oxygen atoms in total. The Bertz CT molecular complexity index is 1290. The molecule has 0 amide bonds. The molecule has 0 radical (unpaired) electrons. The second-order valence-corrected chi connectivity index (χ2v) is 14.0. The average molecular weight is 552 g/mol. The van der Waals surface area contributed by atoms with Crippen LogP contribution in [0.1, 0.15) is 106 Å². The summed E-state index contributed by atoms with van der Waals surface area (Å²) in [5, 5.41) is 4.74. The first-order valence-electron chi connectivity index (χ1n) is 15.0. The Morgan fingerprint density at radius 2 is 1.43 bits per heavy atom. The van der Waals surface area contributed by atoms with E-state index in [1.165, 1.54) is 0 Å². The Morgan fingerprint density at radius 3 is 1.95 bits per heavy atom. The van der Waals surface area contributed by atoms with Crippen molar-refractivity contribution in [2.75, 3.05) is 6.61 Å². The molecule has 1 aliphatic carbocycles. The summed E-state index contributed by atoms with van der Waals surface area (Å²) in [6, 6.07) is 5.88. The van der Waals surface area contributed by atoms with Crippen molar-refractivity contribution in [3.63, 3.8) is 0 Å². The minimum atomic E-state index is -0.656. The second kappa shape index (κ2) is 9.66. The number of rotatable bonds is 5. The molecule has 1 atom stereocenters. The van der Waals surface area contributed by atoms with Crippen molar-refractivity contribution in [3.05, 3.63) is 35.2 Å². The van der Waals surface area contributed by atoms with Crippen LogP contribution in [0.3, 0.4) is 0 Å². The molecule has 1 aromatic carbocycles. The van der Waals surface area contributed by atoms with E-state index in [0.29, 0.717) is 12.0 Å². The van der Waals surface area contributed by atoms with Gasteiger partial charge in [-0.2, -0.15) is 4.39 Å². The third kappa shape index (κ3) is 4.58. The molecule has 10 heteroatoms. The standard InChI is InChI=1S/C30H43B2FN2O5/c1-27(2)28(3,4)38-31(37-27)24(19-12-11-13-19)25(32-39-29(5,6)30(7,8)40-32)20-15-16-22-21(18-20)26(33)34-35(22)23-14-9-10-17-36-23/h15-16,18-19,23H,9-14,17H2,1-8H3/b25-24-. The SMILES string of the molecule is CC1(C)OB(/C(=C(\B2OC(C)(C)C(C)(C)O2)C2CCC2)c2ccc3c(c2)c(F)nn3C2CCCCO2)OC1(C)C. The molecule has 3 saturated heterocycles. The number of allylic oxidation sites excluding steroid dienone is 1. The van der Waals surface area contributed by atoms with Crippen LogP contribution >= 0.6 is 0 Å². The number of benzene rings is 1. The molecule has 216 valence electrons. The lowest BCUT2D eigenvalue weighted by Crippen LogP contribution is -2.41. The smallest absolute Gasteiger partial charge is 0.400 e. The first-order valence-corrected chi connectivity index (χ1v) is 15.0. The summed E-state index contributed by atoms with van der Waals surface area (Å²) in [4.78, 5) is 0. The van der Waals surface area contributed by atoms with Crippen molar-refractivity contribution in [1.82, 2.24) is 9.78 Å². The van der Waals surface area contributed by atoms with Gasteiger partial charge in [0.2, 0.25) is 5.95 Å². The molecule has 4 fully saturated rings. The third-order valence-electron chi connectivity index (χ3n) is 10.3. The van der Waals surface area contributed by atoms with Gasteiger partial charge in [0.1, 0.15) is 0 Å². The highest BCUT2D eigenvalue weighted by atomic mass is 19.1. The van der Waals surface area contributed by atoms with E-state index >= 15 is 4.39 Å². The fourth-order valence-corrected chi connectivity index (χ4v) is 6.04. The minimum absolute atomic E-state index is 0.250. The molecule has 4 aliphatic rings. The van der Waals surface area contributed by atoms with Crippen LogP contribution in [0.25, 0.3) is 16.4 Å². The normalized spacial score (nSPS) is 28.2. The Hall–Kier alpha value is -1.71. The van der Waals surface area contributed by atoms with Crippen LogP contribution in [0.4, 0.5) is 4.39 Å². The van der Waals surface area contributed by atoms with Gasteiger partial charge in [-0.15, -0.1) is 5.10 Å². The maximum absolute atomic E-state index is 15.5. The van der Waals surface area contributed by atoms with Crippen molar-refractivity contribution in [3.8, 4) is 0 Å². The van der Waals surface area contributed by atoms with Gasteiger partial charge in [0.05, 0.1) is 33.3 Å². The van der Waals surface area contributed by atoms with Crippen molar-refractivity contribution >= 4 is 30.6 Å². The molecule has 0 spiro atoms. The lowest BCUT2D eigenvalue weighted by molar-refractivity contribution is -0.0375. The van der Waals surface area contributed by atoms with E-state index in [1.807, 2.05) is 18.2 Å². The Kier molecular flexibility index (Phi) is 6.86. The summed E-state index contributed by atoms with van der Waals surface area (Å²) in [6.45, 7) is 17.2. The van der Waals surface area contributed by atoms with Gasteiger partial charge in [-0.05, 0) is 122 Å². The van der Waals surface area contributed by atoms with Crippen molar-refractivity contribution in [2.24, 2.45) is 5.92 Å².